The molecule has 26 heavy (non-hydrogen) atoms. The number of carbonyl (C=O) groups is 1. The molecule has 0 radical (unpaired) electrons. The summed E-state index contributed by atoms with van der Waals surface area (Å²) in [6.45, 7) is 0. The maximum Gasteiger partial charge on any atom is 0.227 e. The van der Waals surface area contributed by atoms with Gasteiger partial charge in [-0.2, -0.15) is 0 Å². The summed E-state index contributed by atoms with van der Waals surface area (Å²) < 4.78 is 5.89. The molecule has 1 N–H and O–H groups in total. The number of amides is 1. The van der Waals surface area contributed by atoms with Crippen molar-refractivity contribution in [3.8, 4) is 11.3 Å². The lowest BCUT2D eigenvalue weighted by atomic mass is 9.88. The van der Waals surface area contributed by atoms with Crippen LogP contribution in [0.15, 0.2) is 63.8 Å². The van der Waals surface area contributed by atoms with Gasteiger partial charge in [-0.15, -0.1) is 0 Å². The second-order valence-electron chi connectivity index (χ2n) is 6.88. The minimum Gasteiger partial charge on any atom is -0.456 e. The zero-order valence-corrected chi connectivity index (χ0v) is 14.5. The van der Waals surface area contributed by atoms with E-state index < -0.39 is 0 Å². The highest BCUT2D eigenvalue weighted by molar-refractivity contribution is 5.94. The van der Waals surface area contributed by atoms with Gasteiger partial charge in [0.2, 0.25) is 5.91 Å². The molecule has 4 nitrogen and oxygen atoms in total. The molecule has 1 aromatic heterocycles. The molecule has 0 saturated heterocycles. The quantitative estimate of drug-likeness (QED) is 0.727. The van der Waals surface area contributed by atoms with Gasteiger partial charge in [0.1, 0.15) is 11.3 Å². The van der Waals surface area contributed by atoms with Crippen LogP contribution in [0.3, 0.4) is 0 Å². The highest BCUT2D eigenvalue weighted by Gasteiger charge is 2.21. The second kappa shape index (κ2) is 7.16. The third-order valence-corrected chi connectivity index (χ3v) is 5.03. The number of rotatable bonds is 3. The van der Waals surface area contributed by atoms with Crippen LogP contribution in [0.1, 0.15) is 32.1 Å². The summed E-state index contributed by atoms with van der Waals surface area (Å²) in [7, 11) is 0. The smallest absolute Gasteiger partial charge is 0.227 e. The van der Waals surface area contributed by atoms with Crippen molar-refractivity contribution in [1.29, 1.82) is 0 Å². The first-order valence-electron chi connectivity index (χ1n) is 9.15. The maximum atomic E-state index is 12.5. The molecule has 1 saturated carbocycles. The van der Waals surface area contributed by atoms with Crippen LogP contribution in [0, 0.1) is 5.92 Å². The van der Waals surface area contributed by atoms with E-state index in [4.69, 9.17) is 4.42 Å². The lowest BCUT2D eigenvalue weighted by Gasteiger charge is -2.20. The molecule has 3 aromatic rings. The summed E-state index contributed by atoms with van der Waals surface area (Å²) >= 11 is 0. The Bertz CT molecular complexity index is 985. The van der Waals surface area contributed by atoms with Crippen molar-refractivity contribution >= 4 is 22.6 Å². The summed E-state index contributed by atoms with van der Waals surface area (Å²) in [5.74, 6) is 0.674. The van der Waals surface area contributed by atoms with Crippen LogP contribution in [-0.4, -0.2) is 5.91 Å². The Morgan fingerprint density at radius 3 is 2.50 bits per heavy atom. The predicted octanol–water partition coefficient (Wildman–Crippen LogP) is 4.98. The molecule has 1 aliphatic rings. The Morgan fingerprint density at radius 2 is 1.73 bits per heavy atom. The third kappa shape index (κ3) is 3.40. The summed E-state index contributed by atoms with van der Waals surface area (Å²) in [5, 5.41) is 3.44. The predicted molar refractivity (Wildman–Crippen MR) is 103 cm³/mol. The Labute approximate surface area is 151 Å². The lowest BCUT2D eigenvalue weighted by Crippen LogP contribution is -2.24. The molecule has 0 bridgehead atoms. The molecule has 0 aliphatic heterocycles. The Morgan fingerprint density at radius 1 is 0.962 bits per heavy atom. The van der Waals surface area contributed by atoms with Gasteiger partial charge in [0.25, 0.3) is 0 Å². The van der Waals surface area contributed by atoms with Gasteiger partial charge in [-0.05, 0) is 31.0 Å². The number of hydrogen-bond donors (Lipinski definition) is 1. The lowest BCUT2D eigenvalue weighted by molar-refractivity contribution is -0.120. The van der Waals surface area contributed by atoms with Crippen molar-refractivity contribution in [1.82, 2.24) is 0 Å². The van der Waals surface area contributed by atoms with Crippen molar-refractivity contribution in [2.24, 2.45) is 5.92 Å². The molecular weight excluding hydrogens is 326 g/mol. The van der Waals surface area contributed by atoms with Gasteiger partial charge < -0.3 is 9.73 Å². The van der Waals surface area contributed by atoms with Crippen LogP contribution in [-0.2, 0) is 4.79 Å². The molecule has 132 valence electrons. The van der Waals surface area contributed by atoms with Gasteiger partial charge in [-0.1, -0.05) is 49.6 Å². The average molecular weight is 347 g/mol. The molecular formula is C22H21NO3. The Hall–Kier alpha value is -2.88. The molecule has 0 spiro atoms. The zero-order chi connectivity index (χ0) is 17.9. The van der Waals surface area contributed by atoms with Crippen molar-refractivity contribution in [3.63, 3.8) is 0 Å². The molecule has 0 atom stereocenters. The van der Waals surface area contributed by atoms with Crippen molar-refractivity contribution in [2.45, 2.75) is 32.1 Å². The van der Waals surface area contributed by atoms with E-state index in [9.17, 15) is 9.59 Å². The van der Waals surface area contributed by atoms with Crippen LogP contribution >= 0.6 is 0 Å². The van der Waals surface area contributed by atoms with Crippen LogP contribution < -0.4 is 10.7 Å². The largest absolute Gasteiger partial charge is 0.456 e. The van der Waals surface area contributed by atoms with Gasteiger partial charge >= 0.3 is 0 Å². The molecule has 1 heterocycles. The standard InChI is InChI=1S/C22H21NO3/c24-19-14-21(15-7-3-1-4-8-15)26-20-12-11-17(13-18(19)20)23-22(25)16-9-5-2-6-10-16/h1,3-4,7-8,11-14,16H,2,5-6,9-10H2,(H,23,25). The molecule has 4 rings (SSSR count). The highest BCUT2D eigenvalue weighted by Crippen LogP contribution is 2.27. The molecule has 1 fully saturated rings. The molecule has 1 amide bonds. The van der Waals surface area contributed by atoms with Crippen molar-refractivity contribution < 1.29 is 9.21 Å². The normalized spacial score (nSPS) is 15.1. The van der Waals surface area contributed by atoms with Crippen LogP contribution in [0.25, 0.3) is 22.3 Å². The van der Waals surface area contributed by atoms with E-state index in [1.165, 1.54) is 12.5 Å². The number of hydrogen-bond acceptors (Lipinski definition) is 3. The first-order valence-corrected chi connectivity index (χ1v) is 9.15. The number of carbonyl (C=O) groups excluding carboxylic acids is 1. The summed E-state index contributed by atoms with van der Waals surface area (Å²) in [5.41, 5.74) is 1.92. The van der Waals surface area contributed by atoms with Gasteiger partial charge in [0.15, 0.2) is 5.43 Å². The van der Waals surface area contributed by atoms with Gasteiger partial charge in [0, 0.05) is 23.2 Å². The fourth-order valence-corrected chi connectivity index (χ4v) is 3.59. The van der Waals surface area contributed by atoms with Gasteiger partial charge in [-0.25, -0.2) is 0 Å². The van der Waals surface area contributed by atoms with Gasteiger partial charge in [0.05, 0.1) is 5.39 Å². The topological polar surface area (TPSA) is 59.3 Å². The molecule has 4 heteroatoms. The minimum atomic E-state index is -0.112. The third-order valence-electron chi connectivity index (χ3n) is 5.03. The van der Waals surface area contributed by atoms with Crippen LogP contribution in [0.5, 0.6) is 0 Å². The summed E-state index contributed by atoms with van der Waals surface area (Å²) in [4.78, 5) is 25.0. The van der Waals surface area contributed by atoms with E-state index in [0.29, 0.717) is 22.4 Å². The van der Waals surface area contributed by atoms with E-state index in [-0.39, 0.29) is 17.3 Å². The van der Waals surface area contributed by atoms with E-state index in [2.05, 4.69) is 5.32 Å². The number of anilines is 1. The van der Waals surface area contributed by atoms with E-state index in [1.807, 2.05) is 30.3 Å². The van der Waals surface area contributed by atoms with E-state index in [0.717, 1.165) is 31.2 Å². The number of fused-ring (bicyclic) bond motifs is 1. The number of benzene rings is 2. The fraction of sp³-hybridized carbons (Fsp3) is 0.273. The SMILES string of the molecule is O=C(Nc1ccc2oc(-c3ccccc3)cc(=O)c2c1)C1CCCCC1. The Balaban J connectivity index is 1.62. The highest BCUT2D eigenvalue weighted by atomic mass is 16.3. The van der Waals surface area contributed by atoms with Gasteiger partial charge in [-0.3, -0.25) is 9.59 Å². The molecule has 1 aliphatic carbocycles. The first-order chi connectivity index (χ1) is 12.7. The summed E-state index contributed by atoms with van der Waals surface area (Å²) in [6, 6.07) is 16.3. The van der Waals surface area contributed by atoms with E-state index >= 15 is 0 Å². The Kier molecular flexibility index (Phi) is 4.57. The molecule has 2 aromatic carbocycles. The van der Waals surface area contributed by atoms with Crippen LogP contribution in [0.2, 0.25) is 0 Å². The first kappa shape index (κ1) is 16.6. The van der Waals surface area contributed by atoms with E-state index in [1.54, 1.807) is 18.2 Å². The zero-order valence-electron chi connectivity index (χ0n) is 14.5. The van der Waals surface area contributed by atoms with Crippen LogP contribution in [0.4, 0.5) is 5.69 Å². The fourth-order valence-electron chi connectivity index (χ4n) is 3.59. The average Bonchev–Trinajstić information content (AvgIpc) is 2.69. The monoisotopic (exact) mass is 347 g/mol. The summed E-state index contributed by atoms with van der Waals surface area (Å²) in [6.07, 6.45) is 5.33. The van der Waals surface area contributed by atoms with Crippen molar-refractivity contribution in [2.75, 3.05) is 5.32 Å². The minimum absolute atomic E-state index is 0.0503. The number of nitrogens with one attached hydrogen (secondary N) is 1. The van der Waals surface area contributed by atoms with Crippen molar-refractivity contribution in [3.05, 3.63) is 64.8 Å². The maximum absolute atomic E-state index is 12.5. The molecule has 0 unspecified atom stereocenters. The second-order valence-corrected chi connectivity index (χ2v) is 6.88.